The lowest BCUT2D eigenvalue weighted by atomic mass is 9.80. The first kappa shape index (κ1) is 32.3. The highest BCUT2D eigenvalue weighted by atomic mass is 16.3. The minimum Gasteiger partial charge on any atom is -0.511 e. The predicted octanol–water partition coefficient (Wildman–Crippen LogP) is 6.69. The van der Waals surface area contributed by atoms with Crippen LogP contribution in [0.3, 0.4) is 0 Å². The van der Waals surface area contributed by atoms with Gasteiger partial charge in [-0.2, -0.15) is 0 Å². The van der Waals surface area contributed by atoms with E-state index in [0.717, 1.165) is 51.4 Å². The molecular weight excluding hydrogens is 544 g/mol. The van der Waals surface area contributed by atoms with Crippen molar-refractivity contribution in [3.05, 3.63) is 71.2 Å². The van der Waals surface area contributed by atoms with Gasteiger partial charge in [-0.25, -0.2) is 0 Å². The van der Waals surface area contributed by atoms with E-state index < -0.39 is 30.1 Å². The van der Waals surface area contributed by atoms with Crippen molar-refractivity contribution in [3.8, 4) is 0 Å². The van der Waals surface area contributed by atoms with E-state index in [1.807, 2.05) is 0 Å². The van der Waals surface area contributed by atoms with E-state index in [2.05, 4.69) is 24.5 Å². The Morgan fingerprint density at radius 2 is 1.02 bits per heavy atom. The van der Waals surface area contributed by atoms with Gasteiger partial charge in [0, 0.05) is 23.2 Å². The third-order valence-electron chi connectivity index (χ3n) is 9.38. The van der Waals surface area contributed by atoms with Gasteiger partial charge in [0.1, 0.15) is 16.9 Å². The van der Waals surface area contributed by atoms with Gasteiger partial charge in [0.25, 0.3) is 0 Å². The van der Waals surface area contributed by atoms with Crippen LogP contribution in [0.2, 0.25) is 0 Å². The molecule has 232 valence electrons. The number of benzene rings is 2. The Morgan fingerprint density at radius 3 is 1.35 bits per heavy atom. The molecule has 6 N–H and O–H groups in total. The van der Waals surface area contributed by atoms with Gasteiger partial charge in [-0.05, 0) is 85.1 Å². The molecular formula is C35H46N2O6. The third kappa shape index (κ3) is 7.86. The van der Waals surface area contributed by atoms with Gasteiger partial charge in [-0.3, -0.25) is 9.59 Å². The average molecular weight is 591 g/mol. The van der Waals surface area contributed by atoms with Crippen molar-refractivity contribution in [2.45, 2.75) is 65.2 Å². The SMILES string of the molecule is CC1CCCCC1C(=O)Nc1ccc(C=C(O)C(CO)(CO)C(O)=Cc2ccc(NC(=O)C3CCCCC3C)cc2)cc1. The van der Waals surface area contributed by atoms with Crippen LogP contribution in [0.1, 0.15) is 76.3 Å². The van der Waals surface area contributed by atoms with E-state index in [-0.39, 0.29) is 23.7 Å². The number of aliphatic hydroxyl groups is 4. The highest BCUT2D eigenvalue weighted by molar-refractivity contribution is 5.93. The molecule has 0 saturated heterocycles. The molecule has 0 aliphatic heterocycles. The summed E-state index contributed by atoms with van der Waals surface area (Å²) in [5.74, 6) is -0.0803. The zero-order valence-electron chi connectivity index (χ0n) is 25.3. The van der Waals surface area contributed by atoms with Crippen molar-refractivity contribution in [1.29, 1.82) is 0 Å². The molecule has 4 unspecified atom stereocenters. The smallest absolute Gasteiger partial charge is 0.227 e. The van der Waals surface area contributed by atoms with Crippen molar-refractivity contribution in [1.82, 2.24) is 0 Å². The van der Waals surface area contributed by atoms with Crippen molar-refractivity contribution in [3.63, 3.8) is 0 Å². The van der Waals surface area contributed by atoms with Crippen molar-refractivity contribution < 1.29 is 30.0 Å². The summed E-state index contributed by atoms with van der Waals surface area (Å²) < 4.78 is 0. The quantitative estimate of drug-likeness (QED) is 0.171. The fourth-order valence-electron chi connectivity index (χ4n) is 6.30. The van der Waals surface area contributed by atoms with Gasteiger partial charge in [0.05, 0.1) is 13.2 Å². The summed E-state index contributed by atoms with van der Waals surface area (Å²) >= 11 is 0. The van der Waals surface area contributed by atoms with Gasteiger partial charge in [-0.15, -0.1) is 0 Å². The summed E-state index contributed by atoms with van der Waals surface area (Å²) in [4.78, 5) is 25.5. The molecule has 0 aromatic heterocycles. The Hall–Kier alpha value is -3.62. The van der Waals surface area contributed by atoms with Crippen LogP contribution in [0.25, 0.3) is 12.2 Å². The summed E-state index contributed by atoms with van der Waals surface area (Å²) in [6.45, 7) is 2.75. The van der Waals surface area contributed by atoms with Crippen LogP contribution in [-0.2, 0) is 9.59 Å². The number of hydrogen-bond donors (Lipinski definition) is 6. The molecule has 4 rings (SSSR count). The molecule has 0 heterocycles. The summed E-state index contributed by atoms with van der Waals surface area (Å²) in [7, 11) is 0. The van der Waals surface area contributed by atoms with Gasteiger partial charge >= 0.3 is 0 Å². The van der Waals surface area contributed by atoms with Crippen LogP contribution < -0.4 is 10.6 Å². The highest BCUT2D eigenvalue weighted by Crippen LogP contribution is 2.35. The summed E-state index contributed by atoms with van der Waals surface area (Å²) in [6.07, 6.45) is 11.1. The topological polar surface area (TPSA) is 139 Å². The van der Waals surface area contributed by atoms with E-state index >= 15 is 0 Å². The lowest BCUT2D eigenvalue weighted by molar-refractivity contribution is -0.123. The molecule has 2 aromatic rings. The Morgan fingerprint density at radius 1 is 0.674 bits per heavy atom. The van der Waals surface area contributed by atoms with Crippen molar-refractivity contribution >= 4 is 35.3 Å². The molecule has 43 heavy (non-hydrogen) atoms. The van der Waals surface area contributed by atoms with E-state index in [0.29, 0.717) is 34.3 Å². The number of nitrogens with one attached hydrogen (secondary N) is 2. The number of carbonyl (C=O) groups is 2. The fourth-order valence-corrected chi connectivity index (χ4v) is 6.30. The minimum absolute atomic E-state index is 0.00202. The largest absolute Gasteiger partial charge is 0.511 e. The van der Waals surface area contributed by atoms with Gasteiger partial charge in [-0.1, -0.05) is 63.8 Å². The van der Waals surface area contributed by atoms with E-state index in [4.69, 9.17) is 0 Å². The van der Waals surface area contributed by atoms with Gasteiger partial charge in [0.2, 0.25) is 11.8 Å². The Labute approximate surface area is 254 Å². The molecule has 2 aromatic carbocycles. The second-order valence-corrected chi connectivity index (χ2v) is 12.4. The number of anilines is 2. The lowest BCUT2D eigenvalue weighted by Gasteiger charge is -2.28. The van der Waals surface area contributed by atoms with Crippen molar-refractivity contribution in [2.75, 3.05) is 23.8 Å². The Bertz CT molecular complexity index is 1200. The molecule has 8 nitrogen and oxygen atoms in total. The zero-order chi connectivity index (χ0) is 31.0. The second-order valence-electron chi connectivity index (χ2n) is 12.4. The van der Waals surface area contributed by atoms with E-state index in [1.165, 1.54) is 12.2 Å². The van der Waals surface area contributed by atoms with Crippen LogP contribution in [0.15, 0.2) is 60.0 Å². The maximum absolute atomic E-state index is 12.7. The minimum atomic E-state index is -1.83. The molecule has 2 fully saturated rings. The first-order valence-corrected chi connectivity index (χ1v) is 15.5. The fraction of sp³-hybridized carbons (Fsp3) is 0.486. The van der Waals surface area contributed by atoms with E-state index in [1.54, 1.807) is 48.5 Å². The molecule has 2 aliphatic rings. The highest BCUT2D eigenvalue weighted by Gasteiger charge is 2.38. The summed E-state index contributed by atoms with van der Waals surface area (Å²) in [5.41, 5.74) is 0.589. The molecule has 8 heteroatoms. The van der Waals surface area contributed by atoms with Crippen LogP contribution in [0.5, 0.6) is 0 Å². The van der Waals surface area contributed by atoms with Crippen LogP contribution in [0, 0.1) is 29.1 Å². The summed E-state index contributed by atoms with van der Waals surface area (Å²) in [5, 5.41) is 48.3. The number of aliphatic hydroxyl groups excluding tert-OH is 4. The monoisotopic (exact) mass is 590 g/mol. The maximum Gasteiger partial charge on any atom is 0.227 e. The number of hydrogen-bond acceptors (Lipinski definition) is 6. The predicted molar refractivity (Wildman–Crippen MR) is 170 cm³/mol. The summed E-state index contributed by atoms with van der Waals surface area (Å²) in [6, 6.07) is 13.7. The first-order valence-electron chi connectivity index (χ1n) is 15.5. The Balaban J connectivity index is 1.43. The number of rotatable bonds is 10. The molecule has 2 amide bonds. The van der Waals surface area contributed by atoms with Crippen LogP contribution >= 0.6 is 0 Å². The van der Waals surface area contributed by atoms with Gasteiger partial charge < -0.3 is 31.1 Å². The third-order valence-corrected chi connectivity index (χ3v) is 9.38. The standard InChI is InChI=1S/C35H46N2O6/c1-23-7-3-5-9-29(23)33(42)36-27-15-11-25(12-16-27)19-31(40)35(21-38,22-39)32(41)20-26-13-17-28(18-14-26)37-34(43)30-10-6-4-8-24(30)2/h11-20,23-24,29-30,38-41H,3-10,21-22H2,1-2H3,(H,36,42)(H,37,43). The average Bonchev–Trinajstić information content (AvgIpc) is 3.00. The second kappa shape index (κ2) is 14.7. The Kier molecular flexibility index (Phi) is 11.0. The van der Waals surface area contributed by atoms with Crippen LogP contribution in [0.4, 0.5) is 11.4 Å². The molecule has 2 aliphatic carbocycles. The normalized spacial score (nSPS) is 23.4. The molecule has 4 atom stereocenters. The maximum atomic E-state index is 12.7. The van der Waals surface area contributed by atoms with E-state index in [9.17, 15) is 30.0 Å². The lowest BCUT2D eigenvalue weighted by Crippen LogP contribution is -2.34. The number of carbonyl (C=O) groups excluding carboxylic acids is 2. The first-order chi connectivity index (χ1) is 20.7. The molecule has 0 bridgehead atoms. The van der Waals surface area contributed by atoms with Gasteiger partial charge in [0.15, 0.2) is 0 Å². The van der Waals surface area contributed by atoms with Crippen molar-refractivity contribution in [2.24, 2.45) is 29.1 Å². The van der Waals surface area contributed by atoms with Crippen LogP contribution in [-0.4, -0.2) is 45.5 Å². The molecule has 0 spiro atoms. The number of amides is 2. The molecule has 0 radical (unpaired) electrons. The molecule has 2 saturated carbocycles. The zero-order valence-corrected chi connectivity index (χ0v) is 25.3.